The fourth-order valence-corrected chi connectivity index (χ4v) is 2.47. The number of nitrogens with one attached hydrogen (secondary N) is 2. The van der Waals surface area contributed by atoms with Gasteiger partial charge in [-0.05, 0) is 6.42 Å². The Morgan fingerprint density at radius 1 is 1.41 bits per heavy atom. The number of halogens is 1. The first-order valence-electron chi connectivity index (χ1n) is 5.60. The van der Waals surface area contributed by atoms with E-state index in [1.165, 1.54) is 6.20 Å². The van der Waals surface area contributed by atoms with Crippen molar-refractivity contribution in [1.29, 1.82) is 0 Å². The first-order valence-corrected chi connectivity index (χ1v) is 5.60. The molecule has 90 valence electrons. The number of carbonyl (C=O) groups is 2. The van der Waals surface area contributed by atoms with E-state index >= 15 is 0 Å². The molecule has 1 unspecified atom stereocenters. The monoisotopic (exact) mass is 237 g/mol. The fraction of sp³-hybridized carbons (Fsp3) is 0.455. The van der Waals surface area contributed by atoms with Gasteiger partial charge in [0.15, 0.2) is 0 Å². The van der Waals surface area contributed by atoms with Crippen molar-refractivity contribution in [3.8, 4) is 0 Å². The van der Waals surface area contributed by atoms with Gasteiger partial charge in [-0.2, -0.15) is 4.39 Å². The molecule has 0 bridgehead atoms. The van der Waals surface area contributed by atoms with E-state index in [2.05, 4.69) is 10.3 Å². The maximum Gasteiger partial charge on any atom is 0.259 e. The van der Waals surface area contributed by atoms with E-state index in [1.54, 1.807) is 4.90 Å². The van der Waals surface area contributed by atoms with Gasteiger partial charge in [-0.25, -0.2) is 0 Å². The Kier molecular flexibility index (Phi) is 2.17. The number of carbonyl (C=O) groups excluding carboxylic acids is 2. The van der Waals surface area contributed by atoms with Crippen molar-refractivity contribution in [3.05, 3.63) is 23.3 Å². The summed E-state index contributed by atoms with van der Waals surface area (Å²) in [6, 6.07) is -0.0213. The van der Waals surface area contributed by atoms with Crippen molar-refractivity contribution in [3.63, 3.8) is 0 Å². The van der Waals surface area contributed by atoms with Crippen molar-refractivity contribution in [2.24, 2.45) is 0 Å². The number of hydrogen-bond acceptors (Lipinski definition) is 2. The zero-order valence-corrected chi connectivity index (χ0v) is 9.12. The van der Waals surface area contributed by atoms with E-state index in [-0.39, 0.29) is 23.4 Å². The van der Waals surface area contributed by atoms with Crippen molar-refractivity contribution in [2.45, 2.75) is 25.4 Å². The average molecular weight is 237 g/mol. The molecule has 2 amide bonds. The topological polar surface area (TPSA) is 65.2 Å². The van der Waals surface area contributed by atoms with E-state index in [0.717, 1.165) is 0 Å². The largest absolute Gasteiger partial charge is 0.354 e. The molecule has 17 heavy (non-hydrogen) atoms. The highest BCUT2D eigenvalue weighted by molar-refractivity contribution is 5.98. The summed E-state index contributed by atoms with van der Waals surface area (Å²) in [5.74, 6) is -0.827. The number of piperidine rings is 1. The normalized spacial score (nSPS) is 23.8. The molecule has 1 aromatic rings. The molecule has 2 aliphatic heterocycles. The Balaban J connectivity index is 1.80. The van der Waals surface area contributed by atoms with Crippen LogP contribution in [0.5, 0.6) is 0 Å². The van der Waals surface area contributed by atoms with Crippen LogP contribution < -0.4 is 5.32 Å². The third-order valence-electron chi connectivity index (χ3n) is 3.41. The van der Waals surface area contributed by atoms with Crippen molar-refractivity contribution < 1.29 is 14.0 Å². The summed E-state index contributed by atoms with van der Waals surface area (Å²) < 4.78 is 13.3. The minimum atomic E-state index is -0.563. The zero-order valence-electron chi connectivity index (χ0n) is 9.12. The summed E-state index contributed by atoms with van der Waals surface area (Å²) in [6.07, 6.45) is 2.60. The number of hydrogen-bond donors (Lipinski definition) is 2. The Morgan fingerprint density at radius 3 is 2.88 bits per heavy atom. The Morgan fingerprint density at radius 2 is 2.24 bits per heavy atom. The molecule has 0 saturated carbocycles. The minimum absolute atomic E-state index is 0.0133. The highest BCUT2D eigenvalue weighted by Gasteiger charge is 2.37. The maximum absolute atomic E-state index is 13.3. The van der Waals surface area contributed by atoms with Crippen molar-refractivity contribution in [1.82, 2.24) is 15.2 Å². The summed E-state index contributed by atoms with van der Waals surface area (Å²) in [5, 5.41) is 2.73. The standard InChI is InChI=1S/C11H12FN3O2/c12-10-9-6(3-14-10)5-15(11(9)17)7-1-2-8(16)13-4-7/h3,7,14H,1-2,4-5H2,(H,13,16). The van der Waals surface area contributed by atoms with Crippen molar-refractivity contribution >= 4 is 11.8 Å². The van der Waals surface area contributed by atoms with Crippen LogP contribution in [0, 0.1) is 5.95 Å². The highest BCUT2D eigenvalue weighted by Crippen LogP contribution is 2.28. The summed E-state index contributed by atoms with van der Waals surface area (Å²) in [4.78, 5) is 27.1. The van der Waals surface area contributed by atoms with E-state index in [1.807, 2.05) is 0 Å². The molecule has 1 saturated heterocycles. The van der Waals surface area contributed by atoms with E-state index in [0.29, 0.717) is 31.5 Å². The second-order valence-electron chi connectivity index (χ2n) is 4.43. The quantitative estimate of drug-likeness (QED) is 0.742. The van der Waals surface area contributed by atoms with Crippen LogP contribution in [-0.2, 0) is 11.3 Å². The second kappa shape index (κ2) is 3.58. The van der Waals surface area contributed by atoms with Gasteiger partial charge in [0.05, 0.1) is 11.6 Å². The smallest absolute Gasteiger partial charge is 0.259 e. The Hall–Kier alpha value is -1.85. The molecule has 3 heterocycles. The van der Waals surface area contributed by atoms with E-state index in [4.69, 9.17) is 0 Å². The van der Waals surface area contributed by atoms with Crippen molar-refractivity contribution in [2.75, 3.05) is 6.54 Å². The van der Waals surface area contributed by atoms with Crippen LogP contribution >= 0.6 is 0 Å². The lowest BCUT2D eigenvalue weighted by atomic mass is 10.1. The molecule has 0 radical (unpaired) electrons. The van der Waals surface area contributed by atoms with Crippen LogP contribution in [0.15, 0.2) is 6.20 Å². The predicted octanol–water partition coefficient (Wildman–Crippen LogP) is 0.388. The molecular formula is C11H12FN3O2. The molecular weight excluding hydrogens is 225 g/mol. The molecule has 0 spiro atoms. The second-order valence-corrected chi connectivity index (χ2v) is 4.43. The molecule has 0 aromatic carbocycles. The van der Waals surface area contributed by atoms with Crippen LogP contribution in [-0.4, -0.2) is 34.3 Å². The summed E-state index contributed by atoms with van der Waals surface area (Å²) in [6.45, 7) is 0.884. The van der Waals surface area contributed by atoms with Crippen LogP contribution in [0.2, 0.25) is 0 Å². The van der Waals surface area contributed by atoms with Gasteiger partial charge < -0.3 is 15.2 Å². The molecule has 2 N–H and O–H groups in total. The number of aromatic nitrogens is 1. The minimum Gasteiger partial charge on any atom is -0.354 e. The predicted molar refractivity (Wildman–Crippen MR) is 56.7 cm³/mol. The number of aromatic amines is 1. The van der Waals surface area contributed by atoms with Gasteiger partial charge in [0, 0.05) is 31.3 Å². The molecule has 1 aromatic heterocycles. The third kappa shape index (κ3) is 1.51. The molecule has 0 aliphatic carbocycles. The summed E-state index contributed by atoms with van der Waals surface area (Å²) in [5.41, 5.74) is 0.853. The van der Waals surface area contributed by atoms with Crippen LogP contribution in [0.25, 0.3) is 0 Å². The van der Waals surface area contributed by atoms with Gasteiger partial charge in [-0.15, -0.1) is 0 Å². The summed E-state index contributed by atoms with van der Waals surface area (Å²) in [7, 11) is 0. The summed E-state index contributed by atoms with van der Waals surface area (Å²) >= 11 is 0. The molecule has 1 atom stereocenters. The molecule has 5 nitrogen and oxygen atoms in total. The lowest BCUT2D eigenvalue weighted by Crippen LogP contribution is -2.48. The zero-order chi connectivity index (χ0) is 12.0. The fourth-order valence-electron chi connectivity index (χ4n) is 2.47. The SMILES string of the molecule is O=C1CCC(N2Cc3c[nH]c(F)c3C2=O)CN1. The number of nitrogens with zero attached hydrogens (tertiary/aromatic N) is 1. The van der Waals surface area contributed by atoms with Gasteiger partial charge in [0.1, 0.15) is 0 Å². The van der Waals surface area contributed by atoms with E-state index in [9.17, 15) is 14.0 Å². The van der Waals surface area contributed by atoms with Crippen LogP contribution in [0.1, 0.15) is 28.8 Å². The molecule has 6 heteroatoms. The van der Waals surface area contributed by atoms with Gasteiger partial charge in [-0.1, -0.05) is 0 Å². The van der Waals surface area contributed by atoms with Crippen LogP contribution in [0.3, 0.4) is 0 Å². The number of amides is 2. The van der Waals surface area contributed by atoms with Gasteiger partial charge in [0.25, 0.3) is 5.91 Å². The number of rotatable bonds is 1. The van der Waals surface area contributed by atoms with Gasteiger partial charge in [-0.3, -0.25) is 9.59 Å². The van der Waals surface area contributed by atoms with Crippen LogP contribution in [0.4, 0.5) is 4.39 Å². The first-order chi connectivity index (χ1) is 8.16. The maximum atomic E-state index is 13.3. The van der Waals surface area contributed by atoms with Gasteiger partial charge in [0.2, 0.25) is 11.9 Å². The van der Waals surface area contributed by atoms with E-state index < -0.39 is 5.95 Å². The molecule has 3 rings (SSSR count). The number of fused-ring (bicyclic) bond motifs is 1. The third-order valence-corrected chi connectivity index (χ3v) is 3.41. The average Bonchev–Trinajstić information content (AvgIpc) is 2.83. The highest BCUT2D eigenvalue weighted by atomic mass is 19.1. The molecule has 2 aliphatic rings. The lowest BCUT2D eigenvalue weighted by molar-refractivity contribution is -0.123. The Bertz CT molecular complexity index is 487. The van der Waals surface area contributed by atoms with Gasteiger partial charge >= 0.3 is 0 Å². The Labute approximate surface area is 97.0 Å². The molecule has 1 fully saturated rings. The lowest BCUT2D eigenvalue weighted by Gasteiger charge is -2.31. The first kappa shape index (κ1) is 10.3. The number of H-pyrrole nitrogens is 1.